The van der Waals surface area contributed by atoms with E-state index < -0.39 is 11.6 Å². The molecular weight excluding hydrogens is 620 g/mol. The summed E-state index contributed by atoms with van der Waals surface area (Å²) in [6.07, 6.45) is 2.25. The molecule has 2 aliphatic heterocycles. The summed E-state index contributed by atoms with van der Waals surface area (Å²) in [5.41, 5.74) is 6.68. The minimum Gasteiger partial charge on any atom is -0.490 e. The van der Waals surface area contributed by atoms with Gasteiger partial charge >= 0.3 is 0 Å². The molecule has 11 heteroatoms. The fourth-order valence-electron chi connectivity index (χ4n) is 6.65. The van der Waals surface area contributed by atoms with E-state index >= 15 is 4.39 Å². The lowest BCUT2D eigenvalue weighted by Gasteiger charge is -2.31. The lowest BCUT2D eigenvalue weighted by molar-refractivity contribution is -0.127. The molecule has 2 aliphatic rings. The number of nitrogens with zero attached hydrogens (tertiary/aromatic N) is 5. The number of rotatable bonds is 8. The molecular formula is C36H35F2N5O3S. The second-order valence-corrected chi connectivity index (χ2v) is 13.1. The van der Waals surface area contributed by atoms with E-state index in [1.807, 2.05) is 29.1 Å². The van der Waals surface area contributed by atoms with Gasteiger partial charge in [-0.3, -0.25) is 9.48 Å². The zero-order valence-electron chi connectivity index (χ0n) is 26.6. The maximum absolute atomic E-state index is 16.1. The number of carbonyl (C=O) groups excluding carboxylic acids is 1. The smallest absolute Gasteiger partial charge is 0.246 e. The maximum Gasteiger partial charge on any atom is 0.246 e. The predicted molar refractivity (Wildman–Crippen MR) is 179 cm³/mol. The molecule has 1 atom stereocenters. The summed E-state index contributed by atoms with van der Waals surface area (Å²) < 4.78 is 44.5. The van der Waals surface area contributed by atoms with Gasteiger partial charge in [0.15, 0.2) is 0 Å². The van der Waals surface area contributed by atoms with Crippen molar-refractivity contribution < 1.29 is 23.0 Å². The van der Waals surface area contributed by atoms with Crippen molar-refractivity contribution in [3.63, 3.8) is 0 Å². The predicted octanol–water partition coefficient (Wildman–Crippen LogP) is 6.87. The number of halogens is 2. The van der Waals surface area contributed by atoms with Crippen LogP contribution in [0.3, 0.4) is 0 Å². The Morgan fingerprint density at radius 3 is 2.74 bits per heavy atom. The van der Waals surface area contributed by atoms with Crippen LogP contribution in [0, 0.1) is 11.6 Å². The van der Waals surface area contributed by atoms with Crippen LogP contribution in [0.15, 0.2) is 60.5 Å². The molecule has 2 aromatic carbocycles. The Balaban J connectivity index is 1.47. The van der Waals surface area contributed by atoms with Gasteiger partial charge in [-0.25, -0.2) is 13.8 Å². The van der Waals surface area contributed by atoms with Gasteiger partial charge in [-0.15, -0.1) is 11.3 Å². The second-order valence-electron chi connectivity index (χ2n) is 12.2. The van der Waals surface area contributed by atoms with Gasteiger partial charge < -0.3 is 19.3 Å². The fraction of sp³-hybridized carbons (Fsp3) is 0.306. The summed E-state index contributed by atoms with van der Waals surface area (Å²) in [6.45, 7) is 8.69. The third-order valence-electron chi connectivity index (χ3n) is 8.90. The molecule has 47 heavy (non-hydrogen) atoms. The molecule has 5 heterocycles. The first kappa shape index (κ1) is 31.2. The number of fused-ring (bicyclic) bond motifs is 3. The molecule has 0 saturated heterocycles. The molecule has 0 fully saturated rings. The molecule has 0 radical (unpaired) electrons. The Bertz CT molecular complexity index is 2020. The number of carbonyl (C=O) groups is 1. The van der Waals surface area contributed by atoms with Crippen LogP contribution >= 0.6 is 11.3 Å². The lowest BCUT2D eigenvalue weighted by Crippen LogP contribution is -2.39. The zero-order valence-corrected chi connectivity index (χ0v) is 27.4. The summed E-state index contributed by atoms with van der Waals surface area (Å²) in [5, 5.41) is 7.81. The van der Waals surface area contributed by atoms with E-state index in [-0.39, 0.29) is 36.5 Å². The molecule has 5 aromatic rings. The van der Waals surface area contributed by atoms with Crippen molar-refractivity contribution in [2.75, 3.05) is 40.5 Å². The summed E-state index contributed by atoms with van der Waals surface area (Å²) in [4.78, 5) is 21.9. The van der Waals surface area contributed by atoms with E-state index in [0.29, 0.717) is 30.0 Å². The molecule has 242 valence electrons. The Morgan fingerprint density at radius 1 is 1.09 bits per heavy atom. The van der Waals surface area contributed by atoms with Crippen LogP contribution in [-0.4, -0.2) is 70.9 Å². The van der Waals surface area contributed by atoms with E-state index in [4.69, 9.17) is 19.6 Å². The Labute approximate surface area is 275 Å². The maximum atomic E-state index is 16.1. The number of hydrogen-bond acceptors (Lipinski definition) is 7. The number of amides is 1. The van der Waals surface area contributed by atoms with Gasteiger partial charge in [-0.2, -0.15) is 5.10 Å². The number of benzene rings is 2. The zero-order chi connectivity index (χ0) is 32.8. The van der Waals surface area contributed by atoms with Crippen molar-refractivity contribution in [3.8, 4) is 39.5 Å². The van der Waals surface area contributed by atoms with Crippen LogP contribution in [0.2, 0.25) is 0 Å². The van der Waals surface area contributed by atoms with Crippen molar-refractivity contribution in [2.24, 2.45) is 0 Å². The Kier molecular flexibility index (Phi) is 8.37. The highest BCUT2D eigenvalue weighted by molar-refractivity contribution is 7.18. The highest BCUT2D eigenvalue weighted by Gasteiger charge is 2.30. The molecule has 7 rings (SSSR count). The number of pyridine rings is 1. The number of ether oxygens (including phenoxy) is 2. The summed E-state index contributed by atoms with van der Waals surface area (Å²) in [5.74, 6) is -1.61. The van der Waals surface area contributed by atoms with Crippen molar-refractivity contribution >= 4 is 27.3 Å². The van der Waals surface area contributed by atoms with E-state index in [2.05, 4.69) is 36.7 Å². The van der Waals surface area contributed by atoms with E-state index in [1.54, 1.807) is 4.90 Å². The largest absolute Gasteiger partial charge is 0.490 e. The van der Waals surface area contributed by atoms with Crippen molar-refractivity contribution in [1.29, 1.82) is 0 Å². The van der Waals surface area contributed by atoms with Crippen LogP contribution in [0.25, 0.3) is 43.9 Å². The van der Waals surface area contributed by atoms with Gasteiger partial charge in [0.25, 0.3) is 0 Å². The van der Waals surface area contributed by atoms with Gasteiger partial charge in [-0.05, 0) is 61.2 Å². The van der Waals surface area contributed by atoms with Crippen LogP contribution in [0.5, 0.6) is 5.75 Å². The van der Waals surface area contributed by atoms with Gasteiger partial charge in [0, 0.05) is 60.1 Å². The van der Waals surface area contributed by atoms with E-state index in [9.17, 15) is 9.18 Å². The highest BCUT2D eigenvalue weighted by Crippen LogP contribution is 2.47. The second kappa shape index (κ2) is 12.6. The minimum absolute atomic E-state index is 0.0584. The van der Waals surface area contributed by atoms with Crippen LogP contribution in [-0.2, 0) is 29.0 Å². The lowest BCUT2D eigenvalue weighted by atomic mass is 9.93. The molecule has 0 spiro atoms. The first-order valence-corrected chi connectivity index (χ1v) is 16.5. The number of methoxy groups -OCH3 is 1. The Morgan fingerprint density at radius 2 is 1.94 bits per heavy atom. The summed E-state index contributed by atoms with van der Waals surface area (Å²) >= 11 is 1.46. The van der Waals surface area contributed by atoms with Gasteiger partial charge in [-0.1, -0.05) is 18.7 Å². The summed E-state index contributed by atoms with van der Waals surface area (Å²) in [6, 6.07) is 12.3. The number of likely N-dealkylation sites (N-methyl/N-ethyl adjacent to an activating group) is 1. The average Bonchev–Trinajstić information content (AvgIpc) is 3.72. The first-order valence-electron chi connectivity index (χ1n) is 15.6. The quantitative estimate of drug-likeness (QED) is 0.134. The van der Waals surface area contributed by atoms with E-state index in [0.717, 1.165) is 52.6 Å². The molecule has 8 nitrogen and oxygen atoms in total. The molecule has 0 N–H and O–H groups in total. The van der Waals surface area contributed by atoms with Gasteiger partial charge in [0.1, 0.15) is 35.4 Å². The first-order chi connectivity index (χ1) is 22.7. The number of aromatic nitrogens is 3. The molecule has 0 bridgehead atoms. The molecule has 1 amide bonds. The fourth-order valence-corrected chi connectivity index (χ4v) is 7.60. The summed E-state index contributed by atoms with van der Waals surface area (Å²) in [7, 11) is 3.66. The highest BCUT2D eigenvalue weighted by atomic mass is 32.1. The molecule has 0 aliphatic carbocycles. The number of hydrogen-bond donors (Lipinski definition) is 0. The third kappa shape index (κ3) is 5.72. The number of thiophene rings is 1. The van der Waals surface area contributed by atoms with Crippen LogP contribution < -0.4 is 4.74 Å². The van der Waals surface area contributed by atoms with Gasteiger partial charge in [0.2, 0.25) is 5.91 Å². The molecule has 1 unspecified atom stereocenters. The third-order valence-corrected chi connectivity index (χ3v) is 9.83. The molecule has 3 aromatic heterocycles. The average molecular weight is 656 g/mol. The van der Waals surface area contributed by atoms with Crippen LogP contribution in [0.4, 0.5) is 8.78 Å². The van der Waals surface area contributed by atoms with Crippen LogP contribution in [0.1, 0.15) is 29.8 Å². The van der Waals surface area contributed by atoms with E-state index in [1.165, 1.54) is 41.7 Å². The van der Waals surface area contributed by atoms with Crippen molar-refractivity contribution in [1.82, 2.24) is 24.6 Å². The van der Waals surface area contributed by atoms with Gasteiger partial charge in [0.05, 0.1) is 36.1 Å². The SMILES string of the molecule is C=CC(=O)N1Cc2cc(-c3nc(-c4ccc5c(c4)CCN(C)C5)c4ccsc4c3-c3c(F)cc(F)cc3OCCOC)nn2C(C)C1. The van der Waals surface area contributed by atoms with Crippen molar-refractivity contribution in [2.45, 2.75) is 32.5 Å². The Hall–Kier alpha value is -4.45. The topological polar surface area (TPSA) is 72.7 Å². The normalized spacial score (nSPS) is 16.3. The minimum atomic E-state index is -0.763. The molecule has 0 saturated carbocycles. The monoisotopic (exact) mass is 655 g/mol. The standard InChI is InChI=1S/C36H35F2N5O3S/c1-5-31(44)42-18-21(2)43-26(20-42)17-29(40-43)35-33(32-28(38)15-25(37)16-30(32)46-12-11-45-4)36-27(9-13-47-36)34(39-35)23-6-7-24-19-41(3)10-8-22(24)14-23/h5-7,9,13-17,21H,1,8,10-12,18-20H2,2-4H3. The van der Waals surface area contributed by atoms with Crippen molar-refractivity contribution in [3.05, 3.63) is 89.0 Å².